The van der Waals surface area contributed by atoms with Crippen LogP contribution in [0.25, 0.3) is 0 Å². The van der Waals surface area contributed by atoms with Crippen LogP contribution in [-0.4, -0.2) is 25.4 Å². The maximum Gasteiger partial charge on any atom is 0.252 e. The summed E-state index contributed by atoms with van der Waals surface area (Å²) in [6.07, 6.45) is 0.245. The number of carbonyl (C=O) groups is 2. The molecule has 4 N–H and O–H groups in total. The van der Waals surface area contributed by atoms with Crippen molar-refractivity contribution in [3.8, 4) is 0 Å². The van der Waals surface area contributed by atoms with E-state index in [1.54, 1.807) is 12.1 Å². The Balaban J connectivity index is 2.82. The molecule has 0 spiro atoms. The van der Waals surface area contributed by atoms with Crippen molar-refractivity contribution in [2.24, 2.45) is 5.73 Å². The second-order valence-electron chi connectivity index (χ2n) is 3.36. The first-order valence-electron chi connectivity index (χ1n) is 5.10. The van der Waals surface area contributed by atoms with Gasteiger partial charge >= 0.3 is 0 Å². The molecule has 0 fully saturated rings. The Morgan fingerprint density at radius 3 is 2.65 bits per heavy atom. The summed E-state index contributed by atoms with van der Waals surface area (Å²) in [5.41, 5.74) is 6.16. The Labute approximate surface area is 104 Å². The van der Waals surface area contributed by atoms with Crippen LogP contribution in [0, 0.1) is 0 Å². The third-order valence-corrected chi connectivity index (χ3v) is 2.41. The van der Waals surface area contributed by atoms with Crippen molar-refractivity contribution in [2.75, 3.05) is 18.9 Å². The molecule has 0 aliphatic heterocycles. The normalized spacial score (nSPS) is 9.82. The van der Waals surface area contributed by atoms with Crippen molar-refractivity contribution in [3.63, 3.8) is 0 Å². The van der Waals surface area contributed by atoms with Gasteiger partial charge in [-0.25, -0.2) is 0 Å². The minimum Gasteiger partial charge on any atom is -0.355 e. The molecule has 1 aromatic rings. The molecule has 0 atom stereocenters. The average molecular weight is 256 g/mol. The van der Waals surface area contributed by atoms with E-state index in [2.05, 4.69) is 10.6 Å². The van der Waals surface area contributed by atoms with Crippen molar-refractivity contribution in [1.82, 2.24) is 5.32 Å². The van der Waals surface area contributed by atoms with E-state index in [0.717, 1.165) is 0 Å². The number of hydrogen-bond donors (Lipinski definition) is 3. The Morgan fingerprint density at radius 1 is 1.41 bits per heavy atom. The second-order valence-corrected chi connectivity index (χ2v) is 3.77. The molecule has 0 saturated carbocycles. The quantitative estimate of drug-likeness (QED) is 0.750. The smallest absolute Gasteiger partial charge is 0.252 e. The molecule has 0 aliphatic carbocycles. The van der Waals surface area contributed by atoms with E-state index in [0.29, 0.717) is 11.3 Å². The Hall–Kier alpha value is -1.59. The summed E-state index contributed by atoms with van der Waals surface area (Å²) in [5.74, 6) is -0.453. The van der Waals surface area contributed by atoms with Crippen LogP contribution < -0.4 is 16.4 Å². The van der Waals surface area contributed by atoms with Crippen molar-refractivity contribution in [1.29, 1.82) is 0 Å². The highest BCUT2D eigenvalue weighted by atomic mass is 35.5. The number of halogens is 1. The summed E-state index contributed by atoms with van der Waals surface area (Å²) in [4.78, 5) is 22.7. The van der Waals surface area contributed by atoms with Crippen molar-refractivity contribution >= 4 is 29.1 Å². The number of anilines is 1. The fourth-order valence-corrected chi connectivity index (χ4v) is 1.53. The lowest BCUT2D eigenvalue weighted by Gasteiger charge is -2.07. The molecule has 0 heterocycles. The number of nitrogens with one attached hydrogen (secondary N) is 2. The lowest BCUT2D eigenvalue weighted by molar-refractivity contribution is -0.116. The van der Waals surface area contributed by atoms with Crippen LogP contribution in [0.5, 0.6) is 0 Å². The molecule has 5 nitrogen and oxygen atoms in total. The SMILES string of the molecule is CNC(=O)c1ccc(NC(=O)CCN)cc1Cl. The molecule has 1 rings (SSSR count). The van der Waals surface area contributed by atoms with Crippen LogP contribution in [0.15, 0.2) is 18.2 Å². The summed E-state index contributed by atoms with van der Waals surface area (Å²) in [6, 6.07) is 4.70. The summed E-state index contributed by atoms with van der Waals surface area (Å²) in [7, 11) is 1.52. The fourth-order valence-electron chi connectivity index (χ4n) is 1.27. The van der Waals surface area contributed by atoms with Gasteiger partial charge in [0.05, 0.1) is 10.6 Å². The second kappa shape index (κ2) is 6.22. The van der Waals surface area contributed by atoms with Gasteiger partial charge in [-0.15, -0.1) is 0 Å². The van der Waals surface area contributed by atoms with E-state index in [1.165, 1.54) is 13.1 Å². The summed E-state index contributed by atoms with van der Waals surface area (Å²) in [5, 5.41) is 5.40. The van der Waals surface area contributed by atoms with Gasteiger partial charge in [0.15, 0.2) is 0 Å². The molecule has 1 aromatic carbocycles. The number of hydrogen-bond acceptors (Lipinski definition) is 3. The molecular formula is C11H14ClN3O2. The van der Waals surface area contributed by atoms with Crippen LogP contribution in [0.4, 0.5) is 5.69 Å². The molecule has 2 amide bonds. The predicted molar refractivity (Wildman–Crippen MR) is 67.1 cm³/mol. The maximum atomic E-state index is 11.4. The number of amides is 2. The predicted octanol–water partition coefficient (Wildman–Crippen LogP) is 0.987. The molecule has 6 heteroatoms. The lowest BCUT2D eigenvalue weighted by Crippen LogP contribution is -2.19. The van der Waals surface area contributed by atoms with Crippen LogP contribution in [0.3, 0.4) is 0 Å². The number of benzene rings is 1. The van der Waals surface area contributed by atoms with E-state index in [1.807, 2.05) is 0 Å². The molecule has 0 aliphatic rings. The minimum atomic E-state index is -0.269. The summed E-state index contributed by atoms with van der Waals surface area (Å²) in [6.45, 7) is 0.288. The van der Waals surface area contributed by atoms with E-state index in [-0.39, 0.29) is 29.8 Å². The van der Waals surface area contributed by atoms with Gasteiger partial charge in [0.2, 0.25) is 5.91 Å². The van der Waals surface area contributed by atoms with Crippen LogP contribution in [0.1, 0.15) is 16.8 Å². The Morgan fingerprint density at radius 2 is 2.12 bits per heavy atom. The largest absolute Gasteiger partial charge is 0.355 e. The van der Waals surface area contributed by atoms with Crippen molar-refractivity contribution < 1.29 is 9.59 Å². The van der Waals surface area contributed by atoms with E-state index in [9.17, 15) is 9.59 Å². The number of nitrogens with two attached hydrogens (primary N) is 1. The summed E-state index contributed by atoms with van der Waals surface area (Å²) >= 11 is 5.93. The zero-order valence-electron chi connectivity index (χ0n) is 9.42. The van der Waals surface area contributed by atoms with Gasteiger partial charge in [-0.3, -0.25) is 9.59 Å². The van der Waals surface area contributed by atoms with Crippen LogP contribution in [-0.2, 0) is 4.79 Å². The Kier molecular flexibility index (Phi) is 4.93. The highest BCUT2D eigenvalue weighted by Crippen LogP contribution is 2.21. The van der Waals surface area contributed by atoms with E-state index >= 15 is 0 Å². The maximum absolute atomic E-state index is 11.4. The lowest BCUT2D eigenvalue weighted by atomic mass is 10.2. The van der Waals surface area contributed by atoms with Gasteiger partial charge in [0, 0.05) is 25.7 Å². The van der Waals surface area contributed by atoms with Gasteiger partial charge in [-0.2, -0.15) is 0 Å². The number of carbonyl (C=O) groups excluding carboxylic acids is 2. The fraction of sp³-hybridized carbons (Fsp3) is 0.273. The molecular weight excluding hydrogens is 242 g/mol. The molecule has 92 valence electrons. The molecule has 0 aromatic heterocycles. The zero-order chi connectivity index (χ0) is 12.8. The van der Waals surface area contributed by atoms with Crippen LogP contribution >= 0.6 is 11.6 Å². The van der Waals surface area contributed by atoms with Gasteiger partial charge in [0.1, 0.15) is 0 Å². The molecule has 0 bridgehead atoms. The monoisotopic (exact) mass is 255 g/mol. The Bertz CT molecular complexity index is 435. The molecule has 0 radical (unpaired) electrons. The minimum absolute atomic E-state index is 0.184. The summed E-state index contributed by atoms with van der Waals surface area (Å²) < 4.78 is 0. The molecule has 17 heavy (non-hydrogen) atoms. The first-order valence-corrected chi connectivity index (χ1v) is 5.48. The van der Waals surface area contributed by atoms with E-state index < -0.39 is 0 Å². The topological polar surface area (TPSA) is 84.2 Å². The third-order valence-electron chi connectivity index (χ3n) is 2.10. The van der Waals surface area contributed by atoms with E-state index in [4.69, 9.17) is 17.3 Å². The van der Waals surface area contributed by atoms with Gasteiger partial charge in [-0.1, -0.05) is 11.6 Å². The van der Waals surface area contributed by atoms with Gasteiger partial charge < -0.3 is 16.4 Å². The van der Waals surface area contributed by atoms with Gasteiger partial charge in [-0.05, 0) is 18.2 Å². The third kappa shape index (κ3) is 3.72. The van der Waals surface area contributed by atoms with Crippen molar-refractivity contribution in [2.45, 2.75) is 6.42 Å². The molecule has 0 unspecified atom stereocenters. The zero-order valence-corrected chi connectivity index (χ0v) is 10.2. The first kappa shape index (κ1) is 13.5. The van der Waals surface area contributed by atoms with Crippen LogP contribution in [0.2, 0.25) is 5.02 Å². The first-order chi connectivity index (χ1) is 8.08. The number of rotatable bonds is 4. The van der Waals surface area contributed by atoms with Crippen molar-refractivity contribution in [3.05, 3.63) is 28.8 Å². The highest BCUT2D eigenvalue weighted by molar-refractivity contribution is 6.34. The highest BCUT2D eigenvalue weighted by Gasteiger charge is 2.09. The van der Waals surface area contributed by atoms with Gasteiger partial charge in [0.25, 0.3) is 5.91 Å². The standard InChI is InChI=1S/C11H14ClN3O2/c1-14-11(17)8-3-2-7(6-9(8)12)15-10(16)4-5-13/h2-3,6H,4-5,13H2,1H3,(H,14,17)(H,15,16). The average Bonchev–Trinajstić information content (AvgIpc) is 2.28. The molecule has 0 saturated heterocycles.